The molecule has 0 bridgehead atoms. The molecule has 2 heterocycles. The predicted octanol–water partition coefficient (Wildman–Crippen LogP) is 3.37. The lowest BCUT2D eigenvalue weighted by molar-refractivity contribution is -0.137. The minimum absolute atomic E-state index is 0.0984. The van der Waals surface area contributed by atoms with Crippen LogP contribution in [0.1, 0.15) is 53.4 Å². The van der Waals surface area contributed by atoms with Crippen molar-refractivity contribution < 1.29 is 14.3 Å². The van der Waals surface area contributed by atoms with Crippen LogP contribution >= 0.6 is 0 Å². The van der Waals surface area contributed by atoms with Gasteiger partial charge in [-0.1, -0.05) is 12.1 Å². The maximum atomic E-state index is 12.8. The molecular formula is C20H28N2O3. The highest BCUT2D eigenvalue weighted by Gasteiger charge is 2.41. The lowest BCUT2D eigenvalue weighted by Crippen LogP contribution is -2.54. The maximum absolute atomic E-state index is 12.8. The summed E-state index contributed by atoms with van der Waals surface area (Å²) in [5.41, 5.74) is -0.164. The van der Waals surface area contributed by atoms with E-state index in [9.17, 15) is 9.59 Å². The van der Waals surface area contributed by atoms with Gasteiger partial charge in [-0.3, -0.25) is 9.59 Å². The molecule has 136 valence electrons. The van der Waals surface area contributed by atoms with Crippen LogP contribution in [0.25, 0.3) is 0 Å². The lowest BCUT2D eigenvalue weighted by Gasteiger charge is -2.41. The van der Waals surface area contributed by atoms with E-state index in [1.165, 1.54) is 6.42 Å². The number of fused-ring (bicyclic) bond motifs is 1. The first-order valence-corrected chi connectivity index (χ1v) is 9.22. The Bertz CT molecular complexity index is 661. The molecule has 0 spiro atoms. The molecule has 1 saturated heterocycles. The molecule has 1 fully saturated rings. The fourth-order valence-corrected chi connectivity index (χ4v) is 3.99. The second-order valence-electron chi connectivity index (χ2n) is 7.72. The summed E-state index contributed by atoms with van der Waals surface area (Å²) < 4.78 is 5.83. The molecule has 2 atom stereocenters. The molecule has 0 saturated carbocycles. The second-order valence-corrected chi connectivity index (χ2v) is 7.72. The SMILES string of the molecule is CC1CCCC(C)N1C(=O)CCN1C(=O)C(C)(C)Oc2ccccc21. The largest absolute Gasteiger partial charge is 0.476 e. The fourth-order valence-electron chi connectivity index (χ4n) is 3.99. The van der Waals surface area contributed by atoms with Gasteiger partial charge in [0.05, 0.1) is 5.69 Å². The van der Waals surface area contributed by atoms with Crippen molar-refractivity contribution >= 4 is 17.5 Å². The molecule has 5 nitrogen and oxygen atoms in total. The van der Waals surface area contributed by atoms with Crippen molar-refractivity contribution in [2.45, 2.75) is 71.1 Å². The Morgan fingerprint density at radius 2 is 1.84 bits per heavy atom. The molecule has 1 aromatic carbocycles. The molecule has 0 radical (unpaired) electrons. The number of hydrogen-bond acceptors (Lipinski definition) is 3. The van der Waals surface area contributed by atoms with Gasteiger partial charge < -0.3 is 14.5 Å². The number of rotatable bonds is 3. The number of carbonyl (C=O) groups is 2. The number of carbonyl (C=O) groups excluding carboxylic acids is 2. The first kappa shape index (κ1) is 17.8. The zero-order chi connectivity index (χ0) is 18.2. The van der Waals surface area contributed by atoms with E-state index >= 15 is 0 Å². The van der Waals surface area contributed by atoms with E-state index in [1.807, 2.05) is 29.2 Å². The van der Waals surface area contributed by atoms with Crippen LogP contribution in [0, 0.1) is 0 Å². The third-order valence-electron chi connectivity index (χ3n) is 5.31. The quantitative estimate of drug-likeness (QED) is 0.845. The van der Waals surface area contributed by atoms with E-state index < -0.39 is 5.60 Å². The number of nitrogens with zero attached hydrogens (tertiary/aromatic N) is 2. The van der Waals surface area contributed by atoms with Gasteiger partial charge in [-0.15, -0.1) is 0 Å². The van der Waals surface area contributed by atoms with Gasteiger partial charge in [0.15, 0.2) is 5.60 Å². The van der Waals surface area contributed by atoms with Gasteiger partial charge in [0.25, 0.3) is 5.91 Å². The highest BCUT2D eigenvalue weighted by atomic mass is 16.5. The lowest BCUT2D eigenvalue weighted by atomic mass is 9.97. The number of para-hydroxylation sites is 2. The van der Waals surface area contributed by atoms with E-state index in [0.717, 1.165) is 18.5 Å². The fraction of sp³-hybridized carbons (Fsp3) is 0.600. The van der Waals surface area contributed by atoms with Crippen molar-refractivity contribution in [3.05, 3.63) is 24.3 Å². The van der Waals surface area contributed by atoms with E-state index in [2.05, 4.69) is 13.8 Å². The Kier molecular flexibility index (Phi) is 4.76. The molecule has 2 aliphatic rings. The zero-order valence-corrected chi connectivity index (χ0v) is 15.6. The normalized spacial score (nSPS) is 25.4. The Balaban J connectivity index is 1.75. The van der Waals surface area contributed by atoms with Gasteiger partial charge >= 0.3 is 0 Å². The second kappa shape index (κ2) is 6.70. The van der Waals surface area contributed by atoms with Crippen molar-refractivity contribution in [3.63, 3.8) is 0 Å². The molecule has 2 aliphatic heterocycles. The van der Waals surface area contributed by atoms with Crippen molar-refractivity contribution in [3.8, 4) is 5.75 Å². The van der Waals surface area contributed by atoms with Crippen molar-refractivity contribution in [1.29, 1.82) is 0 Å². The molecule has 1 aromatic rings. The molecule has 0 aliphatic carbocycles. The van der Waals surface area contributed by atoms with E-state index in [1.54, 1.807) is 18.7 Å². The number of amides is 2. The van der Waals surface area contributed by atoms with Crippen LogP contribution in [0.15, 0.2) is 24.3 Å². The van der Waals surface area contributed by atoms with Crippen LogP contribution in [0.3, 0.4) is 0 Å². The highest BCUT2D eigenvalue weighted by molar-refractivity contribution is 6.02. The van der Waals surface area contributed by atoms with Crippen LogP contribution < -0.4 is 9.64 Å². The zero-order valence-electron chi connectivity index (χ0n) is 15.6. The number of piperidine rings is 1. The first-order valence-electron chi connectivity index (χ1n) is 9.22. The van der Waals surface area contributed by atoms with Crippen LogP contribution in [0.2, 0.25) is 0 Å². The molecule has 5 heteroatoms. The molecule has 25 heavy (non-hydrogen) atoms. The van der Waals surface area contributed by atoms with Gasteiger partial charge in [-0.25, -0.2) is 0 Å². The highest BCUT2D eigenvalue weighted by Crippen LogP contribution is 2.37. The van der Waals surface area contributed by atoms with Gasteiger partial charge in [0.2, 0.25) is 5.91 Å². The molecule has 3 rings (SSSR count). The smallest absolute Gasteiger partial charge is 0.270 e. The van der Waals surface area contributed by atoms with E-state index in [4.69, 9.17) is 4.74 Å². The maximum Gasteiger partial charge on any atom is 0.270 e. The average Bonchev–Trinajstić information content (AvgIpc) is 2.55. The Morgan fingerprint density at radius 3 is 2.52 bits per heavy atom. The van der Waals surface area contributed by atoms with E-state index in [0.29, 0.717) is 18.7 Å². The molecule has 0 aromatic heterocycles. The first-order chi connectivity index (χ1) is 11.8. The van der Waals surface area contributed by atoms with Gasteiger partial charge in [0, 0.05) is 25.0 Å². The van der Waals surface area contributed by atoms with Crippen LogP contribution in [0.4, 0.5) is 5.69 Å². The molecule has 2 amide bonds. The van der Waals surface area contributed by atoms with Gasteiger partial charge in [-0.05, 0) is 59.1 Å². The van der Waals surface area contributed by atoms with Crippen molar-refractivity contribution in [2.24, 2.45) is 0 Å². The third kappa shape index (κ3) is 3.37. The molecule has 0 N–H and O–H groups in total. The number of benzene rings is 1. The number of ether oxygens (including phenoxy) is 1. The minimum Gasteiger partial charge on any atom is -0.476 e. The Labute approximate surface area is 149 Å². The van der Waals surface area contributed by atoms with Crippen LogP contribution in [-0.4, -0.2) is 40.9 Å². The van der Waals surface area contributed by atoms with Crippen molar-refractivity contribution in [2.75, 3.05) is 11.4 Å². The molecular weight excluding hydrogens is 316 g/mol. The number of likely N-dealkylation sites (tertiary alicyclic amines) is 1. The molecule has 2 unspecified atom stereocenters. The monoisotopic (exact) mass is 344 g/mol. The topological polar surface area (TPSA) is 49.9 Å². The number of anilines is 1. The summed E-state index contributed by atoms with van der Waals surface area (Å²) in [4.78, 5) is 29.3. The summed E-state index contributed by atoms with van der Waals surface area (Å²) in [6.07, 6.45) is 3.63. The van der Waals surface area contributed by atoms with Crippen molar-refractivity contribution in [1.82, 2.24) is 4.90 Å². The van der Waals surface area contributed by atoms with Crippen LogP contribution in [0.5, 0.6) is 5.75 Å². The van der Waals surface area contributed by atoms with Crippen LogP contribution in [-0.2, 0) is 9.59 Å². The van der Waals surface area contributed by atoms with Gasteiger partial charge in [-0.2, -0.15) is 0 Å². The Morgan fingerprint density at radius 1 is 1.20 bits per heavy atom. The summed E-state index contributed by atoms with van der Waals surface area (Å²) in [5.74, 6) is 0.729. The summed E-state index contributed by atoms with van der Waals surface area (Å²) in [7, 11) is 0. The summed E-state index contributed by atoms with van der Waals surface area (Å²) >= 11 is 0. The minimum atomic E-state index is -0.914. The van der Waals surface area contributed by atoms with Gasteiger partial charge in [0.1, 0.15) is 5.75 Å². The summed E-state index contributed by atoms with van der Waals surface area (Å²) in [5, 5.41) is 0. The Hall–Kier alpha value is -2.04. The third-order valence-corrected chi connectivity index (χ3v) is 5.31. The number of hydrogen-bond donors (Lipinski definition) is 0. The summed E-state index contributed by atoms with van der Waals surface area (Å²) in [6.45, 7) is 8.17. The average molecular weight is 344 g/mol. The summed E-state index contributed by atoms with van der Waals surface area (Å²) in [6, 6.07) is 8.08. The predicted molar refractivity (Wildman–Crippen MR) is 97.7 cm³/mol. The van der Waals surface area contributed by atoms with E-state index in [-0.39, 0.29) is 23.9 Å². The standard InChI is InChI=1S/C20H28N2O3/c1-14-8-7-9-15(2)22(14)18(23)12-13-21-16-10-5-6-11-17(16)25-20(3,4)19(21)24/h5-6,10-11,14-15H,7-9,12-13H2,1-4H3.